The summed E-state index contributed by atoms with van der Waals surface area (Å²) in [6.45, 7) is 3.89. The van der Waals surface area contributed by atoms with Crippen LogP contribution in [0.15, 0.2) is 40.8 Å². The molecule has 0 atom stereocenters. The van der Waals surface area contributed by atoms with Crippen molar-refractivity contribution >= 4 is 22.6 Å². The first-order valence-electron chi connectivity index (χ1n) is 8.74. The molecule has 0 aliphatic rings. The van der Waals surface area contributed by atoms with Crippen molar-refractivity contribution in [3.05, 3.63) is 47.8 Å². The molecular formula is C21H23FN2O3. The summed E-state index contributed by atoms with van der Waals surface area (Å²) in [6, 6.07) is 9.55. The number of carbonyl (C=O) groups is 1. The van der Waals surface area contributed by atoms with Crippen molar-refractivity contribution in [3.63, 3.8) is 0 Å². The van der Waals surface area contributed by atoms with Gasteiger partial charge < -0.3 is 19.4 Å². The summed E-state index contributed by atoms with van der Waals surface area (Å²) in [6.07, 6.45) is -0.0203. The van der Waals surface area contributed by atoms with Crippen LogP contribution < -0.4 is 15.0 Å². The molecule has 1 heterocycles. The summed E-state index contributed by atoms with van der Waals surface area (Å²) >= 11 is 0. The van der Waals surface area contributed by atoms with E-state index in [9.17, 15) is 9.18 Å². The minimum absolute atomic E-state index is 0.0203. The Hall–Kier alpha value is -3.02. The Morgan fingerprint density at radius 2 is 1.85 bits per heavy atom. The van der Waals surface area contributed by atoms with Gasteiger partial charge in [-0.15, -0.1) is 0 Å². The first-order chi connectivity index (χ1) is 12.8. The minimum Gasteiger partial charge on any atom is -0.489 e. The smallest absolute Gasteiger partial charge is 0.255 e. The second-order valence-corrected chi connectivity index (χ2v) is 6.77. The molecule has 3 rings (SSSR count). The van der Waals surface area contributed by atoms with E-state index >= 15 is 0 Å². The molecule has 0 radical (unpaired) electrons. The van der Waals surface area contributed by atoms with Crippen molar-refractivity contribution in [1.82, 2.24) is 5.32 Å². The number of fused-ring (bicyclic) bond motifs is 1. The molecule has 2 aromatic carbocycles. The fourth-order valence-electron chi connectivity index (χ4n) is 2.97. The highest BCUT2D eigenvalue weighted by Gasteiger charge is 2.24. The van der Waals surface area contributed by atoms with Gasteiger partial charge in [0, 0.05) is 38.2 Å². The van der Waals surface area contributed by atoms with Gasteiger partial charge in [0.1, 0.15) is 22.9 Å². The third kappa shape index (κ3) is 3.60. The van der Waals surface area contributed by atoms with Gasteiger partial charge in [-0.1, -0.05) is 0 Å². The molecule has 0 saturated carbocycles. The minimum atomic E-state index is -0.348. The van der Waals surface area contributed by atoms with Crippen LogP contribution in [-0.2, 0) is 0 Å². The van der Waals surface area contributed by atoms with Crippen LogP contribution in [-0.4, -0.2) is 33.2 Å². The molecule has 27 heavy (non-hydrogen) atoms. The number of halogens is 1. The van der Waals surface area contributed by atoms with E-state index in [0.717, 1.165) is 5.69 Å². The van der Waals surface area contributed by atoms with Gasteiger partial charge in [0.15, 0.2) is 0 Å². The van der Waals surface area contributed by atoms with E-state index in [2.05, 4.69) is 5.32 Å². The molecule has 0 unspecified atom stereocenters. The molecule has 1 N–H and O–H groups in total. The zero-order chi connectivity index (χ0) is 19.7. The maximum atomic E-state index is 13.3. The maximum Gasteiger partial charge on any atom is 0.255 e. The summed E-state index contributed by atoms with van der Waals surface area (Å²) in [5.74, 6) is 0.440. The van der Waals surface area contributed by atoms with E-state index in [1.165, 1.54) is 12.1 Å². The van der Waals surface area contributed by atoms with Crippen LogP contribution in [0, 0.1) is 5.82 Å². The Balaban J connectivity index is 2.30. The molecule has 1 amide bonds. The molecule has 6 heteroatoms. The molecule has 0 bridgehead atoms. The van der Waals surface area contributed by atoms with Gasteiger partial charge >= 0.3 is 0 Å². The number of ether oxygens (including phenoxy) is 1. The van der Waals surface area contributed by atoms with Crippen LogP contribution >= 0.6 is 0 Å². The van der Waals surface area contributed by atoms with Crippen LogP contribution in [0.3, 0.4) is 0 Å². The van der Waals surface area contributed by atoms with Gasteiger partial charge in [-0.25, -0.2) is 4.39 Å². The zero-order valence-corrected chi connectivity index (χ0v) is 16.1. The molecule has 0 aliphatic carbocycles. The monoisotopic (exact) mass is 370 g/mol. The highest BCUT2D eigenvalue weighted by atomic mass is 19.1. The van der Waals surface area contributed by atoms with Crippen LogP contribution in [0.4, 0.5) is 10.1 Å². The van der Waals surface area contributed by atoms with E-state index < -0.39 is 0 Å². The second-order valence-electron chi connectivity index (χ2n) is 6.77. The van der Waals surface area contributed by atoms with Crippen molar-refractivity contribution in [3.8, 4) is 17.1 Å². The third-order valence-electron chi connectivity index (χ3n) is 4.17. The highest BCUT2D eigenvalue weighted by Crippen LogP contribution is 2.40. The molecule has 0 saturated heterocycles. The summed E-state index contributed by atoms with van der Waals surface area (Å²) in [7, 11) is 5.39. The van der Waals surface area contributed by atoms with Gasteiger partial charge in [0.25, 0.3) is 5.91 Å². The lowest BCUT2D eigenvalue weighted by Crippen LogP contribution is -2.18. The second kappa shape index (κ2) is 7.31. The van der Waals surface area contributed by atoms with Gasteiger partial charge in [0.2, 0.25) is 0 Å². The standard InChI is InChI=1S/C21H23FN2O3/c1-12(2)26-18-10-15-17(11-16(18)24(4)5)27-20(19(15)21(25)23-3)13-6-8-14(22)9-7-13/h6-12H,1-5H3,(H,23,25). The van der Waals surface area contributed by atoms with Gasteiger partial charge in [0.05, 0.1) is 17.4 Å². The average molecular weight is 370 g/mol. The van der Waals surface area contributed by atoms with E-state index in [4.69, 9.17) is 9.15 Å². The van der Waals surface area contributed by atoms with Crippen molar-refractivity contribution in [1.29, 1.82) is 0 Å². The number of nitrogens with one attached hydrogen (secondary N) is 1. The number of hydrogen-bond acceptors (Lipinski definition) is 4. The Bertz CT molecular complexity index is 975. The number of benzene rings is 2. The number of rotatable bonds is 5. The van der Waals surface area contributed by atoms with Crippen molar-refractivity contribution in [2.24, 2.45) is 0 Å². The Labute approximate surface area is 157 Å². The van der Waals surface area contributed by atoms with Crippen molar-refractivity contribution in [2.75, 3.05) is 26.0 Å². The number of hydrogen-bond donors (Lipinski definition) is 1. The number of anilines is 1. The summed E-state index contributed by atoms with van der Waals surface area (Å²) < 4.78 is 25.3. The predicted octanol–water partition coefficient (Wildman–Crippen LogP) is 4.45. The van der Waals surface area contributed by atoms with E-state index in [1.807, 2.05) is 45.0 Å². The van der Waals surface area contributed by atoms with Crippen LogP contribution in [0.5, 0.6) is 5.75 Å². The molecule has 1 aromatic heterocycles. The first kappa shape index (κ1) is 18.8. The molecule has 0 fully saturated rings. The van der Waals surface area contributed by atoms with E-state index in [1.54, 1.807) is 19.2 Å². The SMILES string of the molecule is CNC(=O)c1c(-c2ccc(F)cc2)oc2cc(N(C)C)c(OC(C)C)cc12. The van der Waals surface area contributed by atoms with Crippen molar-refractivity contribution < 1.29 is 18.3 Å². The van der Waals surface area contributed by atoms with Crippen LogP contribution in [0.2, 0.25) is 0 Å². The lowest BCUT2D eigenvalue weighted by atomic mass is 10.0. The lowest BCUT2D eigenvalue weighted by Gasteiger charge is -2.19. The van der Waals surface area contributed by atoms with Gasteiger partial charge in [-0.05, 0) is 44.2 Å². The fourth-order valence-corrected chi connectivity index (χ4v) is 2.97. The number of carbonyl (C=O) groups excluding carboxylic acids is 1. The quantitative estimate of drug-likeness (QED) is 0.721. The fraction of sp³-hybridized carbons (Fsp3) is 0.286. The predicted molar refractivity (Wildman–Crippen MR) is 105 cm³/mol. The highest BCUT2D eigenvalue weighted by molar-refractivity contribution is 6.12. The molecule has 0 spiro atoms. The lowest BCUT2D eigenvalue weighted by molar-refractivity contribution is 0.0964. The normalized spacial score (nSPS) is 11.1. The Kier molecular flexibility index (Phi) is 5.08. The summed E-state index contributed by atoms with van der Waals surface area (Å²) in [5.41, 5.74) is 2.44. The molecule has 0 aliphatic heterocycles. The number of nitrogens with zero attached hydrogens (tertiary/aromatic N) is 1. The topological polar surface area (TPSA) is 54.7 Å². The maximum absolute atomic E-state index is 13.3. The Morgan fingerprint density at radius 3 is 2.41 bits per heavy atom. The van der Waals surface area contributed by atoms with Gasteiger partial charge in [-0.3, -0.25) is 4.79 Å². The van der Waals surface area contributed by atoms with E-state index in [0.29, 0.717) is 33.6 Å². The third-order valence-corrected chi connectivity index (χ3v) is 4.17. The number of amides is 1. The van der Waals surface area contributed by atoms with Gasteiger partial charge in [-0.2, -0.15) is 0 Å². The average Bonchev–Trinajstić information content (AvgIpc) is 2.98. The molecule has 5 nitrogen and oxygen atoms in total. The number of furan rings is 1. The van der Waals surface area contributed by atoms with Crippen LogP contribution in [0.1, 0.15) is 24.2 Å². The van der Waals surface area contributed by atoms with E-state index in [-0.39, 0.29) is 17.8 Å². The first-order valence-corrected chi connectivity index (χ1v) is 8.74. The molecule has 3 aromatic rings. The summed E-state index contributed by atoms with van der Waals surface area (Å²) in [5, 5.41) is 3.30. The molecule has 142 valence electrons. The summed E-state index contributed by atoms with van der Waals surface area (Å²) in [4.78, 5) is 14.5. The molecular weight excluding hydrogens is 347 g/mol. The largest absolute Gasteiger partial charge is 0.489 e. The zero-order valence-electron chi connectivity index (χ0n) is 16.1. The van der Waals surface area contributed by atoms with Crippen molar-refractivity contribution in [2.45, 2.75) is 20.0 Å². The Morgan fingerprint density at radius 1 is 1.19 bits per heavy atom. The van der Waals surface area contributed by atoms with Crippen LogP contribution in [0.25, 0.3) is 22.3 Å².